The Morgan fingerprint density at radius 3 is 2.68 bits per heavy atom. The van der Waals surface area contributed by atoms with Crippen molar-refractivity contribution in [3.05, 3.63) is 64.7 Å². The van der Waals surface area contributed by atoms with E-state index in [9.17, 15) is 19.8 Å². The summed E-state index contributed by atoms with van der Waals surface area (Å²) in [7, 11) is 1.41. The number of nitrogens with zero attached hydrogens (tertiary/aromatic N) is 1. The number of hydrogen-bond acceptors (Lipinski definition) is 5. The number of carbonyl (C=O) groups excluding carboxylic acids is 1. The molecule has 1 aliphatic carbocycles. The number of benzene rings is 2. The molecule has 6 nitrogen and oxygen atoms in total. The molecular formula is C25H31NO5. The third kappa shape index (κ3) is 6.07. The molecule has 1 unspecified atom stereocenters. The van der Waals surface area contributed by atoms with Crippen molar-refractivity contribution < 1.29 is 24.5 Å². The molecule has 0 radical (unpaired) electrons. The van der Waals surface area contributed by atoms with Crippen molar-refractivity contribution >= 4 is 11.9 Å². The monoisotopic (exact) mass is 425 g/mol. The maximum atomic E-state index is 11.4. The largest absolute Gasteiger partial charge is 0.508 e. The highest BCUT2D eigenvalue weighted by Crippen LogP contribution is 2.35. The second kappa shape index (κ2) is 11.0. The van der Waals surface area contributed by atoms with E-state index in [1.54, 1.807) is 12.1 Å². The number of carboxylic acid groups (broad SMARTS) is 1. The summed E-state index contributed by atoms with van der Waals surface area (Å²) in [4.78, 5) is 25.2. The minimum Gasteiger partial charge on any atom is -0.508 e. The smallest absolute Gasteiger partial charge is 0.335 e. The van der Waals surface area contributed by atoms with Crippen LogP contribution >= 0.6 is 0 Å². The van der Waals surface area contributed by atoms with E-state index in [0.717, 1.165) is 62.7 Å². The van der Waals surface area contributed by atoms with Crippen LogP contribution in [0.4, 0.5) is 0 Å². The van der Waals surface area contributed by atoms with Gasteiger partial charge in [0.1, 0.15) is 5.75 Å². The Kier molecular flexibility index (Phi) is 8.06. The number of rotatable bonds is 10. The molecule has 0 aliphatic heterocycles. The Morgan fingerprint density at radius 2 is 1.94 bits per heavy atom. The highest BCUT2D eigenvalue weighted by atomic mass is 16.5. The van der Waals surface area contributed by atoms with E-state index < -0.39 is 5.97 Å². The number of phenols is 1. The predicted octanol–water partition coefficient (Wildman–Crippen LogP) is 4.36. The fraction of sp³-hybridized carbons (Fsp3) is 0.440. The normalized spacial score (nSPS) is 15.5. The van der Waals surface area contributed by atoms with E-state index in [1.165, 1.54) is 12.7 Å². The van der Waals surface area contributed by atoms with Gasteiger partial charge in [-0.15, -0.1) is 0 Å². The highest BCUT2D eigenvalue weighted by Gasteiger charge is 2.26. The number of hydrogen-bond donors (Lipinski definition) is 2. The summed E-state index contributed by atoms with van der Waals surface area (Å²) in [5.41, 5.74) is 3.55. The Bertz CT molecular complexity index is 911. The molecule has 31 heavy (non-hydrogen) atoms. The molecule has 2 aromatic carbocycles. The summed E-state index contributed by atoms with van der Waals surface area (Å²) in [6, 6.07) is 13.1. The van der Waals surface area contributed by atoms with E-state index in [-0.39, 0.29) is 12.0 Å². The van der Waals surface area contributed by atoms with Gasteiger partial charge in [0, 0.05) is 19.0 Å². The van der Waals surface area contributed by atoms with Crippen LogP contribution in [-0.4, -0.2) is 47.3 Å². The minimum absolute atomic E-state index is 0.190. The number of fused-ring (bicyclic) bond motifs is 1. The highest BCUT2D eigenvalue weighted by molar-refractivity contribution is 5.88. The molecule has 0 saturated carbocycles. The lowest BCUT2D eigenvalue weighted by Crippen LogP contribution is -2.34. The van der Waals surface area contributed by atoms with Crippen molar-refractivity contribution in [3.8, 4) is 5.75 Å². The summed E-state index contributed by atoms with van der Waals surface area (Å²) in [6.07, 6.45) is 5.68. The first-order valence-corrected chi connectivity index (χ1v) is 10.9. The van der Waals surface area contributed by atoms with Gasteiger partial charge in [-0.2, -0.15) is 0 Å². The lowest BCUT2D eigenvalue weighted by atomic mass is 9.85. The van der Waals surface area contributed by atoms with Crippen molar-refractivity contribution in [2.45, 2.75) is 51.0 Å². The van der Waals surface area contributed by atoms with Gasteiger partial charge in [-0.25, -0.2) is 4.79 Å². The third-order valence-corrected chi connectivity index (χ3v) is 6.08. The zero-order valence-electron chi connectivity index (χ0n) is 18.0. The Hall–Kier alpha value is -2.86. The van der Waals surface area contributed by atoms with Crippen LogP contribution in [0.3, 0.4) is 0 Å². The van der Waals surface area contributed by atoms with Gasteiger partial charge in [-0.05, 0) is 80.0 Å². The molecule has 2 aromatic rings. The lowest BCUT2D eigenvalue weighted by Gasteiger charge is -2.36. The van der Waals surface area contributed by atoms with Crippen LogP contribution in [0.25, 0.3) is 0 Å². The number of aromatic carboxylic acids is 1. The van der Waals surface area contributed by atoms with E-state index in [0.29, 0.717) is 17.7 Å². The average molecular weight is 426 g/mol. The number of aryl methyl sites for hydroxylation is 1. The van der Waals surface area contributed by atoms with Gasteiger partial charge in [0.25, 0.3) is 0 Å². The van der Waals surface area contributed by atoms with Gasteiger partial charge >= 0.3 is 11.9 Å². The second-order valence-electron chi connectivity index (χ2n) is 8.07. The van der Waals surface area contributed by atoms with Crippen LogP contribution in [0.5, 0.6) is 5.75 Å². The van der Waals surface area contributed by atoms with Gasteiger partial charge in [0.05, 0.1) is 12.7 Å². The summed E-state index contributed by atoms with van der Waals surface area (Å²) in [5.74, 6) is -0.780. The molecule has 0 bridgehead atoms. The number of carbonyl (C=O) groups is 2. The molecule has 0 amide bonds. The topological polar surface area (TPSA) is 87.1 Å². The Labute approximate surface area is 183 Å². The number of unbranched alkanes of at least 4 members (excludes halogenated alkanes) is 1. The van der Waals surface area contributed by atoms with Crippen molar-refractivity contribution in [1.29, 1.82) is 0 Å². The average Bonchev–Trinajstić information content (AvgIpc) is 2.78. The minimum atomic E-state index is -0.899. The van der Waals surface area contributed by atoms with Crippen LogP contribution in [0, 0.1) is 0 Å². The molecule has 0 fully saturated rings. The van der Waals surface area contributed by atoms with Crippen LogP contribution in [0.1, 0.15) is 65.2 Å². The second-order valence-corrected chi connectivity index (χ2v) is 8.07. The van der Waals surface area contributed by atoms with Crippen LogP contribution in [0.2, 0.25) is 0 Å². The molecule has 1 aliphatic rings. The van der Waals surface area contributed by atoms with E-state index in [4.69, 9.17) is 4.74 Å². The van der Waals surface area contributed by atoms with Gasteiger partial charge < -0.3 is 14.9 Å². The molecule has 3 rings (SSSR count). The first-order chi connectivity index (χ1) is 15.0. The molecule has 6 heteroatoms. The molecule has 0 aromatic heterocycles. The number of carboxylic acids is 1. The van der Waals surface area contributed by atoms with Gasteiger partial charge in [-0.1, -0.05) is 24.3 Å². The third-order valence-electron chi connectivity index (χ3n) is 6.08. The molecule has 166 valence electrons. The van der Waals surface area contributed by atoms with Crippen LogP contribution < -0.4 is 0 Å². The molecule has 0 spiro atoms. The summed E-state index contributed by atoms with van der Waals surface area (Å²) < 4.78 is 4.74. The maximum Gasteiger partial charge on any atom is 0.335 e. The number of para-hydroxylation sites is 1. The standard InChI is InChI=1S/C25H31NO5/c1-31-24(28)11-4-5-15-26(16-14-18-7-2-3-10-23(18)27)22-9-6-8-19-17-20(25(29)30)12-13-21(19)22/h2-3,7,10,12-13,17,22,27H,4-6,8-9,11,14-16H2,1H3,(H,29,30). The van der Waals surface area contributed by atoms with Crippen molar-refractivity contribution in [3.63, 3.8) is 0 Å². The van der Waals surface area contributed by atoms with Gasteiger partial charge in [0.2, 0.25) is 0 Å². The number of methoxy groups -OCH3 is 1. The quantitative estimate of drug-likeness (QED) is 0.435. The van der Waals surface area contributed by atoms with Crippen molar-refractivity contribution in [1.82, 2.24) is 4.90 Å². The zero-order valence-corrected chi connectivity index (χ0v) is 18.0. The summed E-state index contributed by atoms with van der Waals surface area (Å²) in [6.45, 7) is 1.61. The van der Waals surface area contributed by atoms with E-state index >= 15 is 0 Å². The summed E-state index contributed by atoms with van der Waals surface area (Å²) in [5, 5.41) is 19.5. The number of esters is 1. The zero-order chi connectivity index (χ0) is 22.2. The Morgan fingerprint density at radius 1 is 1.13 bits per heavy atom. The van der Waals surface area contributed by atoms with Gasteiger partial charge in [-0.3, -0.25) is 9.69 Å². The number of phenolic OH excluding ortho intramolecular Hbond substituents is 1. The molecule has 0 heterocycles. The first-order valence-electron chi connectivity index (χ1n) is 10.9. The summed E-state index contributed by atoms with van der Waals surface area (Å²) >= 11 is 0. The fourth-order valence-corrected chi connectivity index (χ4v) is 4.40. The molecular weight excluding hydrogens is 394 g/mol. The predicted molar refractivity (Wildman–Crippen MR) is 118 cm³/mol. The van der Waals surface area contributed by atoms with E-state index in [2.05, 4.69) is 4.90 Å². The first kappa shape index (κ1) is 22.8. The van der Waals surface area contributed by atoms with Gasteiger partial charge in [0.15, 0.2) is 0 Å². The maximum absolute atomic E-state index is 11.4. The molecule has 1 atom stereocenters. The van der Waals surface area contributed by atoms with Crippen LogP contribution in [-0.2, 0) is 22.4 Å². The molecule has 0 saturated heterocycles. The van der Waals surface area contributed by atoms with Crippen molar-refractivity contribution in [2.75, 3.05) is 20.2 Å². The lowest BCUT2D eigenvalue weighted by molar-refractivity contribution is -0.140. The Balaban J connectivity index is 1.76. The SMILES string of the molecule is COC(=O)CCCCN(CCc1ccccc1O)C1CCCc2cc(C(=O)O)ccc21. The van der Waals surface area contributed by atoms with Crippen molar-refractivity contribution in [2.24, 2.45) is 0 Å². The number of ether oxygens (including phenoxy) is 1. The molecule has 2 N–H and O–H groups in total. The fourth-order valence-electron chi connectivity index (χ4n) is 4.40. The van der Waals surface area contributed by atoms with Crippen LogP contribution in [0.15, 0.2) is 42.5 Å². The van der Waals surface area contributed by atoms with E-state index in [1.807, 2.05) is 30.3 Å². The number of aromatic hydroxyl groups is 1.